The highest BCUT2D eigenvalue weighted by Gasteiger charge is 2.21. The van der Waals surface area contributed by atoms with E-state index in [2.05, 4.69) is 149 Å². The molecule has 0 unspecified atom stereocenters. The largest absolute Gasteiger partial charge is 0.381 e. The van der Waals surface area contributed by atoms with Crippen LogP contribution in [0.2, 0.25) is 0 Å². The van der Waals surface area contributed by atoms with E-state index in [4.69, 9.17) is 0 Å². The van der Waals surface area contributed by atoms with Crippen LogP contribution in [0.4, 0.5) is 0 Å². The van der Waals surface area contributed by atoms with E-state index in [1.165, 1.54) is 60.4 Å². The molecule has 1 aromatic heterocycles. The lowest BCUT2D eigenvalue weighted by atomic mass is 9.83. The molecule has 5 aromatic carbocycles. The number of dihydropyridines is 1. The molecule has 0 radical (unpaired) electrons. The van der Waals surface area contributed by atoms with Gasteiger partial charge in [0, 0.05) is 39.8 Å². The Hall–Kier alpha value is -5.26. The Morgan fingerprint density at radius 3 is 1.77 bits per heavy atom. The van der Waals surface area contributed by atoms with Gasteiger partial charge in [0.25, 0.3) is 0 Å². The number of nitrogens with one attached hydrogen (secondary N) is 1. The van der Waals surface area contributed by atoms with Gasteiger partial charge >= 0.3 is 0 Å². The van der Waals surface area contributed by atoms with Crippen LogP contribution in [0.3, 0.4) is 0 Å². The van der Waals surface area contributed by atoms with Crippen molar-refractivity contribution >= 4 is 50.4 Å². The van der Waals surface area contributed by atoms with Crippen LogP contribution in [0.15, 0.2) is 127 Å². The molecule has 0 atom stereocenters. The topological polar surface area (TPSA) is 17.0 Å². The van der Waals surface area contributed by atoms with Gasteiger partial charge in [-0.3, -0.25) is 0 Å². The Kier molecular flexibility index (Phi) is 4.83. The van der Waals surface area contributed by atoms with Crippen LogP contribution in [0.25, 0.3) is 67.2 Å². The number of allylic oxidation sites excluding steroid dienone is 2. The summed E-state index contributed by atoms with van der Waals surface area (Å²) in [7, 11) is 0. The summed E-state index contributed by atoms with van der Waals surface area (Å²) in [6.45, 7) is 0.830. The van der Waals surface area contributed by atoms with E-state index in [-0.39, 0.29) is 0 Å². The van der Waals surface area contributed by atoms with E-state index in [1.807, 2.05) is 0 Å². The Balaban J connectivity index is 1.36. The zero-order valence-electron chi connectivity index (χ0n) is 21.3. The average Bonchev–Trinajstić information content (AvgIpc) is 3.35. The Bertz CT molecular complexity index is 2070. The lowest BCUT2D eigenvalue weighted by molar-refractivity contribution is 0.997. The summed E-state index contributed by atoms with van der Waals surface area (Å²) in [4.78, 5) is 0. The predicted octanol–water partition coefficient (Wildman–Crippen LogP) is 8.90. The molecule has 1 aliphatic heterocycles. The number of hydrogen-bond acceptors (Lipinski definition) is 1. The van der Waals surface area contributed by atoms with Gasteiger partial charge in [-0.25, -0.2) is 0 Å². The predicted molar refractivity (Wildman–Crippen MR) is 165 cm³/mol. The Morgan fingerprint density at radius 2 is 1.15 bits per heavy atom. The van der Waals surface area contributed by atoms with E-state index in [0.717, 1.165) is 17.9 Å². The van der Waals surface area contributed by atoms with Crippen LogP contribution < -0.4 is 5.32 Å². The van der Waals surface area contributed by atoms with Crippen molar-refractivity contribution in [1.29, 1.82) is 0 Å². The molecule has 39 heavy (non-hydrogen) atoms. The van der Waals surface area contributed by atoms with Gasteiger partial charge in [0.1, 0.15) is 0 Å². The van der Waals surface area contributed by atoms with Crippen LogP contribution in [-0.2, 0) is 0 Å². The number of rotatable bonds is 3. The molecule has 1 aliphatic carbocycles. The monoisotopic (exact) mass is 496 g/mol. The highest BCUT2D eigenvalue weighted by atomic mass is 15.0. The van der Waals surface area contributed by atoms with E-state index in [1.54, 1.807) is 0 Å². The third-order valence-corrected chi connectivity index (χ3v) is 7.88. The number of aromatic nitrogens is 1. The number of para-hydroxylation sites is 2. The van der Waals surface area contributed by atoms with Crippen molar-refractivity contribution in [3.05, 3.63) is 143 Å². The summed E-state index contributed by atoms with van der Waals surface area (Å²) >= 11 is 0. The van der Waals surface area contributed by atoms with Crippen LogP contribution in [0.5, 0.6) is 0 Å². The standard InChI is InChI=1S/C37H24N2/c1-3-15-31-29(13-1)36(30-14-2-4-16-32(30)37(31)33-17-9-10-24-38-33)25-20-22-26(23-21-25)39-34-18-7-5-11-27(34)28-12-6-8-19-35(28)39/h1,3,5-23,38H,24H2. The molecule has 0 fully saturated rings. The first-order valence-corrected chi connectivity index (χ1v) is 13.3. The highest BCUT2D eigenvalue weighted by molar-refractivity contribution is 6.11. The maximum absolute atomic E-state index is 3.58. The molecule has 0 spiro atoms. The van der Waals surface area contributed by atoms with E-state index >= 15 is 0 Å². The van der Waals surface area contributed by atoms with Gasteiger partial charge < -0.3 is 9.88 Å². The third-order valence-electron chi connectivity index (χ3n) is 7.88. The number of fused-ring (bicyclic) bond motifs is 5. The van der Waals surface area contributed by atoms with Crippen molar-refractivity contribution in [2.24, 2.45) is 0 Å². The van der Waals surface area contributed by atoms with Gasteiger partial charge in [0.05, 0.1) is 11.0 Å². The van der Waals surface area contributed by atoms with E-state index < -0.39 is 0 Å². The molecule has 2 aliphatic rings. The fraction of sp³-hybridized carbons (Fsp3) is 0.0270. The summed E-state index contributed by atoms with van der Waals surface area (Å²) < 4.78 is 2.37. The van der Waals surface area contributed by atoms with Gasteiger partial charge in [-0.05, 0) is 70.0 Å². The van der Waals surface area contributed by atoms with Crippen molar-refractivity contribution in [2.75, 3.05) is 6.54 Å². The van der Waals surface area contributed by atoms with Gasteiger partial charge in [0.2, 0.25) is 0 Å². The number of nitrogens with zero attached hydrogens (tertiary/aromatic N) is 1. The second-order valence-electron chi connectivity index (χ2n) is 10.0. The molecule has 2 heteroatoms. The zero-order chi connectivity index (χ0) is 25.8. The summed E-state index contributed by atoms with van der Waals surface area (Å²) in [5.41, 5.74) is 17.2. The first kappa shape index (κ1) is 21.8. The van der Waals surface area contributed by atoms with Crippen molar-refractivity contribution in [2.45, 2.75) is 0 Å². The second-order valence-corrected chi connectivity index (χ2v) is 10.0. The molecule has 0 amide bonds. The van der Waals surface area contributed by atoms with E-state index in [0.29, 0.717) is 0 Å². The smallest absolute Gasteiger partial charge is 0.0541 e. The zero-order valence-corrected chi connectivity index (χ0v) is 21.3. The summed E-state index contributed by atoms with van der Waals surface area (Å²) in [6, 6.07) is 35.1. The molecule has 0 saturated carbocycles. The molecular formula is C37H24N2. The van der Waals surface area contributed by atoms with Crippen molar-refractivity contribution in [3.63, 3.8) is 0 Å². The summed E-state index contributed by atoms with van der Waals surface area (Å²) in [6.07, 6.45) is 10.6. The molecule has 182 valence electrons. The van der Waals surface area contributed by atoms with Crippen LogP contribution in [0.1, 0.15) is 16.7 Å². The minimum atomic E-state index is 0.830. The summed E-state index contributed by atoms with van der Waals surface area (Å²) in [5, 5.41) is 8.60. The van der Waals surface area contributed by atoms with Crippen molar-refractivity contribution < 1.29 is 0 Å². The fourth-order valence-corrected chi connectivity index (χ4v) is 6.22. The first-order chi connectivity index (χ1) is 19.4. The van der Waals surface area contributed by atoms with Gasteiger partial charge in [-0.15, -0.1) is 0 Å². The van der Waals surface area contributed by atoms with E-state index in [9.17, 15) is 0 Å². The first-order valence-electron chi connectivity index (χ1n) is 13.3. The van der Waals surface area contributed by atoms with Gasteiger partial charge in [-0.2, -0.15) is 0 Å². The molecule has 1 N–H and O–H groups in total. The lowest BCUT2D eigenvalue weighted by Crippen LogP contribution is -2.16. The molecule has 8 rings (SSSR count). The third kappa shape index (κ3) is 3.31. The van der Waals surface area contributed by atoms with Gasteiger partial charge in [0.15, 0.2) is 0 Å². The fourth-order valence-electron chi connectivity index (χ4n) is 6.22. The lowest BCUT2D eigenvalue weighted by Gasteiger charge is -2.23. The molecule has 0 saturated heterocycles. The minimum Gasteiger partial charge on any atom is -0.381 e. The summed E-state index contributed by atoms with van der Waals surface area (Å²) in [5.74, 6) is 0. The van der Waals surface area contributed by atoms with Crippen LogP contribution in [-0.4, -0.2) is 11.1 Å². The molecule has 0 bridgehead atoms. The average molecular weight is 497 g/mol. The molecule has 2 heterocycles. The van der Waals surface area contributed by atoms with Gasteiger partial charge in [-0.1, -0.05) is 96.4 Å². The normalized spacial score (nSPS) is 13.7. The molecular weight excluding hydrogens is 472 g/mol. The molecule has 6 aromatic rings. The Labute approximate surface area is 226 Å². The maximum Gasteiger partial charge on any atom is 0.0541 e. The number of benzene rings is 5. The number of hydrogen-bond donors (Lipinski definition) is 1. The SMILES string of the molecule is C1=C=Cc2c(c(C3=CC=CCN3)c3ccccc3c2-c2ccc(-n3c4ccccc4c4ccccc43)cc2)C=1. The second kappa shape index (κ2) is 8.65. The molecule has 2 nitrogen and oxygen atoms in total. The van der Waals surface area contributed by atoms with Crippen molar-refractivity contribution in [3.8, 4) is 16.8 Å². The maximum atomic E-state index is 3.58. The Morgan fingerprint density at radius 1 is 0.590 bits per heavy atom. The van der Waals surface area contributed by atoms with Crippen molar-refractivity contribution in [1.82, 2.24) is 9.88 Å². The van der Waals surface area contributed by atoms with Crippen LogP contribution in [0, 0.1) is 0 Å². The minimum absolute atomic E-state index is 0.830. The quantitative estimate of drug-likeness (QED) is 0.242. The highest BCUT2D eigenvalue weighted by Crippen LogP contribution is 2.42. The van der Waals surface area contributed by atoms with Crippen LogP contribution >= 0.6 is 0 Å².